The molecule has 2 aromatic carbocycles. The Labute approximate surface area is 167 Å². The molecule has 0 saturated carbocycles. The van der Waals surface area contributed by atoms with E-state index in [0.717, 1.165) is 24.6 Å². The number of anilines is 2. The summed E-state index contributed by atoms with van der Waals surface area (Å²) >= 11 is 1.04. The van der Waals surface area contributed by atoms with Gasteiger partial charge in [0.05, 0.1) is 11.4 Å². The Balaban J connectivity index is 1.77. The van der Waals surface area contributed by atoms with Crippen molar-refractivity contribution in [3.8, 4) is 0 Å². The minimum Gasteiger partial charge on any atom is -0.325 e. The maximum Gasteiger partial charge on any atom is 0.286 e. The molecule has 148 valence electrons. The number of halogens is 1. The van der Waals surface area contributed by atoms with Crippen molar-refractivity contribution >= 4 is 44.2 Å². The summed E-state index contributed by atoms with van der Waals surface area (Å²) in [5.74, 6) is -0.865. The number of fused-ring (bicyclic) bond motifs is 1. The van der Waals surface area contributed by atoms with Gasteiger partial charge in [-0.25, -0.2) is 4.39 Å². The molecule has 0 radical (unpaired) electrons. The number of unbranched alkanes of at least 4 members (excludes halogenated alkanes) is 1. The van der Waals surface area contributed by atoms with Crippen LogP contribution in [0.25, 0.3) is 0 Å². The molecular formula is C19H20FN3O3S2. The second kappa shape index (κ2) is 8.74. The first-order chi connectivity index (χ1) is 13.4. The first kappa shape index (κ1) is 20.3. The van der Waals surface area contributed by atoms with Crippen molar-refractivity contribution in [2.75, 3.05) is 22.5 Å². The van der Waals surface area contributed by atoms with Crippen molar-refractivity contribution in [2.45, 2.75) is 24.7 Å². The van der Waals surface area contributed by atoms with Crippen LogP contribution in [0.4, 0.5) is 15.8 Å². The second-order valence-electron chi connectivity index (χ2n) is 6.17. The van der Waals surface area contributed by atoms with E-state index < -0.39 is 15.8 Å². The van der Waals surface area contributed by atoms with Crippen LogP contribution in [0.1, 0.15) is 19.8 Å². The van der Waals surface area contributed by atoms with E-state index in [-0.39, 0.29) is 21.7 Å². The van der Waals surface area contributed by atoms with Gasteiger partial charge < -0.3 is 10.2 Å². The zero-order valence-corrected chi connectivity index (χ0v) is 16.9. The van der Waals surface area contributed by atoms with Gasteiger partial charge in [0.25, 0.3) is 10.0 Å². The molecule has 2 aromatic rings. The van der Waals surface area contributed by atoms with Gasteiger partial charge in [-0.15, -0.1) is 4.40 Å². The number of amidine groups is 1. The van der Waals surface area contributed by atoms with Crippen molar-refractivity contribution in [3.63, 3.8) is 0 Å². The van der Waals surface area contributed by atoms with Gasteiger partial charge in [0.15, 0.2) is 5.17 Å². The van der Waals surface area contributed by atoms with Crippen molar-refractivity contribution in [1.29, 1.82) is 0 Å². The number of para-hydroxylation sites is 1. The number of thioether (sulfide) groups is 1. The highest BCUT2D eigenvalue weighted by molar-refractivity contribution is 8.15. The molecule has 3 rings (SSSR count). The molecule has 1 amide bonds. The molecule has 1 aliphatic rings. The fraction of sp³-hybridized carbons (Fsp3) is 0.263. The van der Waals surface area contributed by atoms with Gasteiger partial charge in [-0.05, 0) is 36.8 Å². The van der Waals surface area contributed by atoms with E-state index >= 15 is 0 Å². The zero-order valence-electron chi connectivity index (χ0n) is 15.3. The lowest BCUT2D eigenvalue weighted by Crippen LogP contribution is -2.35. The number of rotatable bonds is 6. The van der Waals surface area contributed by atoms with Gasteiger partial charge in [0.2, 0.25) is 5.91 Å². The van der Waals surface area contributed by atoms with Gasteiger partial charge >= 0.3 is 0 Å². The molecule has 0 bridgehead atoms. The summed E-state index contributed by atoms with van der Waals surface area (Å²) < 4.78 is 42.2. The van der Waals surface area contributed by atoms with Crippen LogP contribution in [-0.4, -0.2) is 31.8 Å². The second-order valence-corrected chi connectivity index (χ2v) is 8.68. The summed E-state index contributed by atoms with van der Waals surface area (Å²) in [5, 5.41) is 2.86. The number of sulfonamides is 1. The van der Waals surface area contributed by atoms with E-state index in [9.17, 15) is 17.6 Å². The summed E-state index contributed by atoms with van der Waals surface area (Å²) in [7, 11) is -3.82. The predicted octanol–water partition coefficient (Wildman–Crippen LogP) is 3.86. The number of nitrogens with one attached hydrogen (secondary N) is 1. The molecule has 0 saturated heterocycles. The van der Waals surface area contributed by atoms with Crippen LogP contribution < -0.4 is 10.2 Å². The molecule has 28 heavy (non-hydrogen) atoms. The molecule has 1 heterocycles. The standard InChI is InChI=1S/C19H20FN3O3S2/c1-2-3-11-23-16-9-4-5-10-17(16)28(25,26)22-19(23)27-13-18(24)21-15-8-6-7-14(20)12-15/h4-10,12H,2-3,11,13H2,1H3,(H,21,24). The Morgan fingerprint density at radius 1 is 1.21 bits per heavy atom. The normalized spacial score (nSPS) is 14.9. The van der Waals surface area contributed by atoms with E-state index in [4.69, 9.17) is 0 Å². The summed E-state index contributed by atoms with van der Waals surface area (Å²) in [6.45, 7) is 2.64. The smallest absolute Gasteiger partial charge is 0.286 e. The molecule has 0 aromatic heterocycles. The fourth-order valence-corrected chi connectivity index (χ4v) is 5.01. The van der Waals surface area contributed by atoms with Crippen molar-refractivity contribution in [1.82, 2.24) is 0 Å². The molecule has 1 N–H and O–H groups in total. The third-order valence-electron chi connectivity index (χ3n) is 4.04. The summed E-state index contributed by atoms with van der Waals surface area (Å²) in [6.07, 6.45) is 1.78. The summed E-state index contributed by atoms with van der Waals surface area (Å²) in [5.41, 5.74) is 0.913. The van der Waals surface area contributed by atoms with Gasteiger partial charge in [0, 0.05) is 12.2 Å². The molecule has 0 spiro atoms. The van der Waals surface area contributed by atoms with E-state index in [1.165, 1.54) is 24.3 Å². The maximum absolute atomic E-state index is 13.2. The van der Waals surface area contributed by atoms with Crippen LogP contribution in [0, 0.1) is 5.82 Å². The summed E-state index contributed by atoms with van der Waals surface area (Å²) in [6, 6.07) is 12.3. The molecule has 6 nitrogen and oxygen atoms in total. The predicted molar refractivity (Wildman–Crippen MR) is 111 cm³/mol. The Hall–Kier alpha value is -2.39. The van der Waals surface area contributed by atoms with E-state index in [1.807, 2.05) is 11.8 Å². The number of hydrogen-bond donors (Lipinski definition) is 1. The third-order valence-corrected chi connectivity index (χ3v) is 6.45. The highest BCUT2D eigenvalue weighted by atomic mass is 32.2. The van der Waals surface area contributed by atoms with Crippen LogP contribution in [-0.2, 0) is 14.8 Å². The lowest BCUT2D eigenvalue weighted by atomic mass is 10.2. The minimum atomic E-state index is -3.82. The third kappa shape index (κ3) is 4.71. The maximum atomic E-state index is 13.2. The van der Waals surface area contributed by atoms with E-state index in [2.05, 4.69) is 9.71 Å². The van der Waals surface area contributed by atoms with Crippen LogP contribution in [0.2, 0.25) is 0 Å². The lowest BCUT2D eigenvalue weighted by molar-refractivity contribution is -0.113. The number of carbonyl (C=O) groups is 1. The van der Waals surface area contributed by atoms with Crippen molar-refractivity contribution < 1.29 is 17.6 Å². The van der Waals surface area contributed by atoms with Gasteiger partial charge in [-0.1, -0.05) is 43.3 Å². The molecule has 0 atom stereocenters. The minimum absolute atomic E-state index is 0.0460. The number of hydrogen-bond acceptors (Lipinski definition) is 5. The first-order valence-corrected chi connectivity index (χ1v) is 11.2. The number of amides is 1. The van der Waals surface area contributed by atoms with E-state index in [1.54, 1.807) is 24.3 Å². The van der Waals surface area contributed by atoms with Crippen LogP contribution in [0.3, 0.4) is 0 Å². The Kier molecular flexibility index (Phi) is 6.35. The number of carbonyl (C=O) groups excluding carboxylic acids is 1. The molecule has 0 aliphatic carbocycles. The van der Waals surface area contributed by atoms with Gasteiger partial charge in [-0.3, -0.25) is 4.79 Å². The fourth-order valence-electron chi connectivity index (χ4n) is 2.73. The molecule has 9 heteroatoms. The molecule has 0 unspecified atom stereocenters. The summed E-state index contributed by atoms with van der Waals surface area (Å²) in [4.78, 5) is 14.2. The zero-order chi connectivity index (χ0) is 20.1. The Morgan fingerprint density at radius 2 is 2.00 bits per heavy atom. The Bertz CT molecular complexity index is 1010. The quantitative estimate of drug-likeness (QED) is 0.766. The monoisotopic (exact) mass is 421 g/mol. The van der Waals surface area contributed by atoms with Crippen molar-refractivity contribution in [2.24, 2.45) is 4.40 Å². The number of nitrogens with zero attached hydrogens (tertiary/aromatic N) is 2. The highest BCUT2D eigenvalue weighted by Gasteiger charge is 2.30. The highest BCUT2D eigenvalue weighted by Crippen LogP contribution is 2.34. The largest absolute Gasteiger partial charge is 0.325 e. The van der Waals surface area contributed by atoms with Gasteiger partial charge in [-0.2, -0.15) is 8.42 Å². The van der Waals surface area contributed by atoms with Crippen LogP contribution >= 0.6 is 11.8 Å². The van der Waals surface area contributed by atoms with Crippen molar-refractivity contribution in [3.05, 3.63) is 54.3 Å². The topological polar surface area (TPSA) is 78.8 Å². The molecule has 0 fully saturated rings. The molecular weight excluding hydrogens is 401 g/mol. The Morgan fingerprint density at radius 3 is 2.75 bits per heavy atom. The average Bonchev–Trinajstić information content (AvgIpc) is 2.66. The van der Waals surface area contributed by atoms with E-state index in [0.29, 0.717) is 17.9 Å². The van der Waals surface area contributed by atoms with Crippen LogP contribution in [0.5, 0.6) is 0 Å². The average molecular weight is 422 g/mol. The first-order valence-electron chi connectivity index (χ1n) is 8.80. The van der Waals surface area contributed by atoms with Crippen LogP contribution in [0.15, 0.2) is 57.8 Å². The number of benzene rings is 2. The molecule has 1 aliphatic heterocycles. The lowest BCUT2D eigenvalue weighted by Gasteiger charge is -2.30. The van der Waals surface area contributed by atoms with Gasteiger partial charge in [0.1, 0.15) is 10.7 Å². The SMILES string of the molecule is CCCCN1C(SCC(=O)Nc2cccc(F)c2)=NS(=O)(=O)c2ccccc21.